The summed E-state index contributed by atoms with van der Waals surface area (Å²) in [5.74, 6) is 1.16. The Hall–Kier alpha value is -2.07. The van der Waals surface area contributed by atoms with Crippen molar-refractivity contribution in [3.8, 4) is 0 Å². The molecule has 0 radical (unpaired) electrons. The summed E-state index contributed by atoms with van der Waals surface area (Å²) in [5.41, 5.74) is 3.24. The standard InChI is InChI=1S/C22H27NO3/c1-16-3-2-4-18(11-16)12-20-13-23(22(24)19-8-10-25-15-19)9-7-21(20)26-14-17-5-6-17/h2-4,8,10-11,15,17,20-21H,5-7,9,12-14H2,1H3/t20-,21-/m1/s1. The molecule has 1 aromatic carbocycles. The highest BCUT2D eigenvalue weighted by molar-refractivity contribution is 5.93. The van der Waals surface area contributed by atoms with E-state index >= 15 is 0 Å². The molecule has 1 aliphatic carbocycles. The molecule has 0 N–H and O–H groups in total. The van der Waals surface area contributed by atoms with Gasteiger partial charge in [-0.25, -0.2) is 0 Å². The van der Waals surface area contributed by atoms with Crippen molar-refractivity contribution in [1.82, 2.24) is 4.90 Å². The molecule has 4 rings (SSSR count). The number of likely N-dealkylation sites (tertiary alicyclic amines) is 1. The maximum absolute atomic E-state index is 12.7. The molecule has 0 spiro atoms. The number of amides is 1. The SMILES string of the molecule is Cc1cccc(C[C@@H]2CN(C(=O)c3ccoc3)CC[C@H]2OCC2CC2)c1. The zero-order valence-corrected chi connectivity index (χ0v) is 15.4. The number of rotatable bonds is 6. The van der Waals surface area contributed by atoms with Crippen molar-refractivity contribution >= 4 is 5.91 Å². The highest BCUT2D eigenvalue weighted by atomic mass is 16.5. The first-order chi connectivity index (χ1) is 12.7. The van der Waals surface area contributed by atoms with E-state index in [0.29, 0.717) is 11.5 Å². The van der Waals surface area contributed by atoms with E-state index in [1.54, 1.807) is 12.3 Å². The lowest BCUT2D eigenvalue weighted by Crippen LogP contribution is -2.47. The van der Waals surface area contributed by atoms with E-state index in [1.807, 2.05) is 4.90 Å². The van der Waals surface area contributed by atoms with Crippen LogP contribution in [0.2, 0.25) is 0 Å². The van der Waals surface area contributed by atoms with Crippen molar-refractivity contribution in [3.63, 3.8) is 0 Å². The summed E-state index contributed by atoms with van der Waals surface area (Å²) in [6.45, 7) is 4.50. The summed E-state index contributed by atoms with van der Waals surface area (Å²) in [5, 5.41) is 0. The topological polar surface area (TPSA) is 42.7 Å². The van der Waals surface area contributed by atoms with E-state index in [-0.39, 0.29) is 12.0 Å². The summed E-state index contributed by atoms with van der Waals surface area (Å²) >= 11 is 0. The largest absolute Gasteiger partial charge is 0.472 e. The van der Waals surface area contributed by atoms with Crippen LogP contribution in [-0.4, -0.2) is 36.6 Å². The number of piperidine rings is 1. The second-order valence-corrected chi connectivity index (χ2v) is 7.82. The van der Waals surface area contributed by atoms with Gasteiger partial charge in [-0.15, -0.1) is 0 Å². The fraction of sp³-hybridized carbons (Fsp3) is 0.500. The first-order valence-electron chi connectivity index (χ1n) is 9.67. The molecule has 2 heterocycles. The van der Waals surface area contributed by atoms with Crippen molar-refractivity contribution in [1.29, 1.82) is 0 Å². The van der Waals surface area contributed by atoms with Gasteiger partial charge in [0.25, 0.3) is 5.91 Å². The summed E-state index contributed by atoms with van der Waals surface area (Å²) < 4.78 is 11.4. The molecule has 0 bridgehead atoms. The number of aryl methyl sites for hydroxylation is 1. The first-order valence-corrected chi connectivity index (χ1v) is 9.67. The van der Waals surface area contributed by atoms with Crippen LogP contribution in [0.15, 0.2) is 47.3 Å². The minimum Gasteiger partial charge on any atom is -0.472 e. The number of ether oxygens (including phenoxy) is 1. The molecule has 1 aromatic heterocycles. The van der Waals surface area contributed by atoms with Gasteiger partial charge in [-0.05, 0) is 50.2 Å². The second-order valence-electron chi connectivity index (χ2n) is 7.82. The van der Waals surface area contributed by atoms with Gasteiger partial charge in [0.05, 0.1) is 17.9 Å². The van der Waals surface area contributed by atoms with Gasteiger partial charge in [0.2, 0.25) is 0 Å². The van der Waals surface area contributed by atoms with Gasteiger partial charge in [-0.3, -0.25) is 4.79 Å². The van der Waals surface area contributed by atoms with Crippen LogP contribution in [0.5, 0.6) is 0 Å². The highest BCUT2D eigenvalue weighted by Gasteiger charge is 2.34. The van der Waals surface area contributed by atoms with Gasteiger partial charge in [-0.2, -0.15) is 0 Å². The predicted molar refractivity (Wildman–Crippen MR) is 100 cm³/mol. The number of hydrogen-bond donors (Lipinski definition) is 0. The van der Waals surface area contributed by atoms with Gasteiger partial charge in [0.1, 0.15) is 6.26 Å². The molecule has 1 aliphatic heterocycles. The number of carbonyl (C=O) groups excluding carboxylic acids is 1. The Kier molecular flexibility index (Phi) is 5.11. The zero-order chi connectivity index (χ0) is 17.9. The molecule has 138 valence electrons. The first kappa shape index (κ1) is 17.3. The van der Waals surface area contributed by atoms with Crippen LogP contribution in [0.25, 0.3) is 0 Å². The van der Waals surface area contributed by atoms with Crippen LogP contribution in [-0.2, 0) is 11.2 Å². The average Bonchev–Trinajstić information content (AvgIpc) is 3.31. The Morgan fingerprint density at radius 2 is 2.15 bits per heavy atom. The average molecular weight is 353 g/mol. The minimum absolute atomic E-state index is 0.0636. The van der Waals surface area contributed by atoms with E-state index in [1.165, 1.54) is 30.2 Å². The third kappa shape index (κ3) is 4.18. The molecule has 1 amide bonds. The van der Waals surface area contributed by atoms with E-state index < -0.39 is 0 Å². The maximum Gasteiger partial charge on any atom is 0.257 e. The molecule has 4 nitrogen and oxygen atoms in total. The number of carbonyl (C=O) groups is 1. The molecule has 2 fully saturated rings. The summed E-state index contributed by atoms with van der Waals surface area (Å²) in [4.78, 5) is 14.7. The number of nitrogens with zero attached hydrogens (tertiary/aromatic N) is 1. The number of hydrogen-bond acceptors (Lipinski definition) is 3. The van der Waals surface area contributed by atoms with Crippen molar-refractivity contribution in [2.45, 2.75) is 38.7 Å². The predicted octanol–water partition coefficient (Wildman–Crippen LogP) is 4.09. The van der Waals surface area contributed by atoms with Crippen LogP contribution < -0.4 is 0 Å². The molecule has 0 unspecified atom stereocenters. The van der Waals surface area contributed by atoms with Crippen LogP contribution in [0.4, 0.5) is 0 Å². The Morgan fingerprint density at radius 1 is 1.27 bits per heavy atom. The van der Waals surface area contributed by atoms with E-state index in [9.17, 15) is 4.79 Å². The molecule has 1 saturated carbocycles. The minimum atomic E-state index is 0.0636. The van der Waals surface area contributed by atoms with Crippen LogP contribution in [0.1, 0.15) is 40.7 Å². The Bertz CT molecular complexity index is 736. The highest BCUT2D eigenvalue weighted by Crippen LogP contribution is 2.32. The normalized spacial score (nSPS) is 23.2. The fourth-order valence-electron chi connectivity index (χ4n) is 3.87. The van der Waals surface area contributed by atoms with E-state index in [4.69, 9.17) is 9.15 Å². The Morgan fingerprint density at radius 3 is 2.88 bits per heavy atom. The van der Waals surface area contributed by atoms with Crippen LogP contribution in [0.3, 0.4) is 0 Å². The third-order valence-corrected chi connectivity index (χ3v) is 5.54. The van der Waals surface area contributed by atoms with Gasteiger partial charge in [0, 0.05) is 25.6 Å². The Labute approximate surface area is 155 Å². The molecule has 26 heavy (non-hydrogen) atoms. The van der Waals surface area contributed by atoms with Crippen molar-refractivity contribution in [3.05, 3.63) is 59.5 Å². The molecule has 2 aromatic rings. The lowest BCUT2D eigenvalue weighted by atomic mass is 9.88. The van der Waals surface area contributed by atoms with Crippen molar-refractivity contribution in [2.75, 3.05) is 19.7 Å². The smallest absolute Gasteiger partial charge is 0.257 e. The summed E-state index contributed by atoms with van der Waals surface area (Å²) in [6, 6.07) is 10.4. The monoisotopic (exact) mass is 353 g/mol. The lowest BCUT2D eigenvalue weighted by molar-refractivity contribution is -0.0326. The van der Waals surface area contributed by atoms with Crippen LogP contribution in [0, 0.1) is 18.8 Å². The van der Waals surface area contributed by atoms with E-state index in [2.05, 4.69) is 31.2 Å². The molecule has 2 aliphatic rings. The van der Waals surface area contributed by atoms with Crippen molar-refractivity contribution in [2.24, 2.45) is 11.8 Å². The quantitative estimate of drug-likeness (QED) is 0.786. The maximum atomic E-state index is 12.7. The lowest BCUT2D eigenvalue weighted by Gasteiger charge is -2.38. The number of furan rings is 1. The second kappa shape index (κ2) is 7.67. The Balaban J connectivity index is 1.46. The molecular formula is C22H27NO3. The van der Waals surface area contributed by atoms with Gasteiger partial charge in [-0.1, -0.05) is 29.8 Å². The van der Waals surface area contributed by atoms with Gasteiger partial charge < -0.3 is 14.1 Å². The van der Waals surface area contributed by atoms with Crippen LogP contribution >= 0.6 is 0 Å². The molecular weight excluding hydrogens is 326 g/mol. The summed E-state index contributed by atoms with van der Waals surface area (Å²) in [7, 11) is 0. The molecule has 2 atom stereocenters. The zero-order valence-electron chi connectivity index (χ0n) is 15.4. The van der Waals surface area contributed by atoms with Crippen molar-refractivity contribution < 1.29 is 13.9 Å². The van der Waals surface area contributed by atoms with Gasteiger partial charge in [0.15, 0.2) is 0 Å². The van der Waals surface area contributed by atoms with E-state index in [0.717, 1.165) is 38.5 Å². The molecule has 4 heteroatoms. The molecule has 1 saturated heterocycles. The summed E-state index contributed by atoms with van der Waals surface area (Å²) in [6.07, 6.45) is 7.81. The van der Waals surface area contributed by atoms with Gasteiger partial charge >= 0.3 is 0 Å². The third-order valence-electron chi connectivity index (χ3n) is 5.54. The number of benzene rings is 1. The fourth-order valence-corrected chi connectivity index (χ4v) is 3.87.